The van der Waals surface area contributed by atoms with Crippen LogP contribution in [0.3, 0.4) is 0 Å². The Labute approximate surface area is 185 Å². The van der Waals surface area contributed by atoms with E-state index >= 15 is 0 Å². The van der Waals surface area contributed by atoms with Gasteiger partial charge in [-0.3, -0.25) is 9.59 Å². The number of aromatic nitrogens is 3. The number of carbonyl (C=O) groups is 1. The Balaban J connectivity index is 1.45. The molecule has 31 heavy (non-hydrogen) atoms. The van der Waals surface area contributed by atoms with E-state index in [0.29, 0.717) is 23.6 Å². The summed E-state index contributed by atoms with van der Waals surface area (Å²) < 4.78 is 3.13. The summed E-state index contributed by atoms with van der Waals surface area (Å²) in [6, 6.07) is 15.2. The van der Waals surface area contributed by atoms with Crippen LogP contribution in [0.5, 0.6) is 0 Å². The molecule has 0 aliphatic heterocycles. The lowest BCUT2D eigenvalue weighted by Gasteiger charge is -2.07. The molecule has 0 aliphatic rings. The minimum atomic E-state index is -0.171. The van der Waals surface area contributed by atoms with Gasteiger partial charge in [-0.05, 0) is 54.8 Å². The summed E-state index contributed by atoms with van der Waals surface area (Å²) in [5.74, 6) is -0.119. The van der Waals surface area contributed by atoms with Crippen LogP contribution in [0.15, 0.2) is 65.7 Å². The molecular weight excluding hydrogens is 412 g/mol. The number of amides is 1. The molecule has 4 aromatic rings. The predicted molar refractivity (Wildman–Crippen MR) is 122 cm³/mol. The second-order valence-corrected chi connectivity index (χ2v) is 8.04. The Bertz CT molecular complexity index is 1310. The maximum Gasteiger partial charge on any atom is 0.276 e. The fourth-order valence-electron chi connectivity index (χ4n) is 3.36. The van der Waals surface area contributed by atoms with Crippen molar-refractivity contribution in [1.82, 2.24) is 19.5 Å². The molecule has 0 fully saturated rings. The van der Waals surface area contributed by atoms with E-state index in [1.165, 1.54) is 11.1 Å². The van der Waals surface area contributed by atoms with Crippen molar-refractivity contribution < 1.29 is 4.79 Å². The lowest BCUT2D eigenvalue weighted by atomic mass is 10.0. The van der Waals surface area contributed by atoms with Crippen molar-refractivity contribution in [3.8, 4) is 11.3 Å². The molecule has 0 unspecified atom stereocenters. The summed E-state index contributed by atoms with van der Waals surface area (Å²) in [5.41, 5.74) is 5.39. The van der Waals surface area contributed by atoms with E-state index in [2.05, 4.69) is 36.4 Å². The topological polar surface area (TPSA) is 68.4 Å². The van der Waals surface area contributed by atoms with Crippen LogP contribution in [-0.2, 0) is 17.9 Å². The number of rotatable bonds is 6. The lowest BCUT2D eigenvalue weighted by molar-refractivity contribution is -0.121. The van der Waals surface area contributed by atoms with Crippen LogP contribution < -0.4 is 10.9 Å². The second kappa shape index (κ2) is 8.78. The average molecular weight is 435 g/mol. The molecule has 0 saturated heterocycles. The number of halogens is 1. The third-order valence-electron chi connectivity index (χ3n) is 5.39. The van der Waals surface area contributed by atoms with Crippen LogP contribution in [0.4, 0.5) is 0 Å². The number of aryl methyl sites for hydroxylation is 3. The van der Waals surface area contributed by atoms with Gasteiger partial charge < -0.3 is 9.88 Å². The van der Waals surface area contributed by atoms with Gasteiger partial charge in [0.2, 0.25) is 5.91 Å². The van der Waals surface area contributed by atoms with Gasteiger partial charge >= 0.3 is 0 Å². The van der Waals surface area contributed by atoms with E-state index in [0.717, 1.165) is 16.8 Å². The summed E-state index contributed by atoms with van der Waals surface area (Å²) in [6.07, 6.45) is 3.62. The number of fused-ring (bicyclic) bond motifs is 1. The highest BCUT2D eigenvalue weighted by Gasteiger charge is 2.11. The Morgan fingerprint density at radius 3 is 2.55 bits per heavy atom. The monoisotopic (exact) mass is 434 g/mol. The van der Waals surface area contributed by atoms with Gasteiger partial charge in [-0.25, -0.2) is 4.52 Å². The first-order valence-corrected chi connectivity index (χ1v) is 10.5. The van der Waals surface area contributed by atoms with Crippen LogP contribution in [0.25, 0.3) is 16.8 Å². The number of hydrogen-bond donors (Lipinski definition) is 1. The number of carbonyl (C=O) groups excluding carboxylic acids is 1. The van der Waals surface area contributed by atoms with Crippen molar-refractivity contribution in [2.75, 3.05) is 0 Å². The molecule has 2 aromatic heterocycles. The van der Waals surface area contributed by atoms with E-state index in [9.17, 15) is 9.59 Å². The highest BCUT2D eigenvalue weighted by molar-refractivity contribution is 6.30. The van der Waals surface area contributed by atoms with Gasteiger partial charge in [0, 0.05) is 42.5 Å². The molecule has 1 N–H and O–H groups in total. The molecule has 2 aromatic carbocycles. The fourth-order valence-corrected chi connectivity index (χ4v) is 3.48. The summed E-state index contributed by atoms with van der Waals surface area (Å²) in [5, 5.41) is 8.06. The van der Waals surface area contributed by atoms with Gasteiger partial charge in [-0.15, -0.1) is 0 Å². The smallest absolute Gasteiger partial charge is 0.276 e. The molecule has 0 spiro atoms. The normalized spacial score (nSPS) is 11.1. The van der Waals surface area contributed by atoms with Gasteiger partial charge in [0.25, 0.3) is 5.56 Å². The number of nitrogens with one attached hydrogen (secondary N) is 1. The number of nitrogens with zero attached hydrogens (tertiary/aromatic N) is 3. The van der Waals surface area contributed by atoms with Crippen LogP contribution >= 0.6 is 11.6 Å². The first kappa shape index (κ1) is 20.9. The van der Waals surface area contributed by atoms with Crippen molar-refractivity contribution in [1.29, 1.82) is 0 Å². The van der Waals surface area contributed by atoms with Crippen LogP contribution in [0, 0.1) is 13.8 Å². The molecule has 4 rings (SSSR count). The molecule has 1 amide bonds. The Kier molecular flexibility index (Phi) is 5.91. The molecule has 0 aliphatic carbocycles. The zero-order chi connectivity index (χ0) is 22.0. The molecule has 7 heteroatoms. The lowest BCUT2D eigenvalue weighted by Crippen LogP contribution is -2.27. The van der Waals surface area contributed by atoms with Crippen LogP contribution in [-0.4, -0.2) is 20.1 Å². The Hall–Kier alpha value is -3.38. The molecule has 0 bridgehead atoms. The fraction of sp³-hybridized carbons (Fsp3) is 0.208. The van der Waals surface area contributed by atoms with E-state index in [4.69, 9.17) is 11.6 Å². The maximum absolute atomic E-state index is 12.9. The zero-order valence-corrected chi connectivity index (χ0v) is 18.2. The van der Waals surface area contributed by atoms with E-state index in [-0.39, 0.29) is 17.9 Å². The van der Waals surface area contributed by atoms with Gasteiger partial charge in [0.05, 0.1) is 5.69 Å². The third-order valence-corrected chi connectivity index (χ3v) is 5.64. The first-order valence-electron chi connectivity index (χ1n) is 10.1. The van der Waals surface area contributed by atoms with Gasteiger partial charge in [0.1, 0.15) is 5.52 Å². The quantitative estimate of drug-likeness (QED) is 0.496. The second-order valence-electron chi connectivity index (χ2n) is 7.61. The number of hydrogen-bond acceptors (Lipinski definition) is 3. The highest BCUT2D eigenvalue weighted by Crippen LogP contribution is 2.21. The minimum Gasteiger partial charge on any atom is -0.352 e. The van der Waals surface area contributed by atoms with Gasteiger partial charge in [-0.2, -0.15) is 5.10 Å². The van der Waals surface area contributed by atoms with E-state index in [1.807, 2.05) is 18.2 Å². The summed E-state index contributed by atoms with van der Waals surface area (Å²) in [4.78, 5) is 25.1. The average Bonchev–Trinajstić information content (AvgIpc) is 3.20. The molecule has 0 saturated carbocycles. The van der Waals surface area contributed by atoms with E-state index < -0.39 is 0 Å². The van der Waals surface area contributed by atoms with Gasteiger partial charge in [0.15, 0.2) is 0 Å². The van der Waals surface area contributed by atoms with Crippen LogP contribution in [0.1, 0.15) is 23.1 Å². The molecule has 158 valence electrons. The third kappa shape index (κ3) is 4.70. The van der Waals surface area contributed by atoms with E-state index in [1.54, 1.807) is 39.7 Å². The predicted octanol–water partition coefficient (Wildman–Crippen LogP) is 4.14. The Morgan fingerprint density at radius 2 is 1.81 bits per heavy atom. The molecule has 0 atom stereocenters. The van der Waals surface area contributed by atoms with Gasteiger partial charge in [-0.1, -0.05) is 35.9 Å². The standard InChI is InChI=1S/C24H23ClN4O2/c1-16-3-6-19(13-17(16)2)21-14-22-24(31)28(11-12-29(22)27-21)10-9-23(30)26-15-18-4-7-20(25)8-5-18/h3-8,11-14H,9-10,15H2,1-2H3,(H,26,30). The molecule has 2 heterocycles. The largest absolute Gasteiger partial charge is 0.352 e. The van der Waals surface area contributed by atoms with Crippen molar-refractivity contribution in [3.63, 3.8) is 0 Å². The van der Waals surface area contributed by atoms with Crippen molar-refractivity contribution in [2.24, 2.45) is 0 Å². The minimum absolute atomic E-state index is 0.119. The highest BCUT2D eigenvalue weighted by atomic mass is 35.5. The zero-order valence-electron chi connectivity index (χ0n) is 17.4. The number of benzene rings is 2. The van der Waals surface area contributed by atoms with Crippen molar-refractivity contribution in [3.05, 3.63) is 93.0 Å². The summed E-state index contributed by atoms with van der Waals surface area (Å²) in [6.45, 7) is 4.84. The maximum atomic E-state index is 12.9. The summed E-state index contributed by atoms with van der Waals surface area (Å²) in [7, 11) is 0. The first-order chi connectivity index (χ1) is 14.9. The Morgan fingerprint density at radius 1 is 1.03 bits per heavy atom. The summed E-state index contributed by atoms with van der Waals surface area (Å²) >= 11 is 5.87. The molecule has 0 radical (unpaired) electrons. The SMILES string of the molecule is Cc1ccc(-c2cc3c(=O)n(CCC(=O)NCc4ccc(Cl)cc4)ccn3n2)cc1C. The molecule has 6 nitrogen and oxygen atoms in total. The van der Waals surface area contributed by atoms with Crippen molar-refractivity contribution in [2.45, 2.75) is 33.4 Å². The van der Waals surface area contributed by atoms with Crippen LogP contribution in [0.2, 0.25) is 5.02 Å². The van der Waals surface area contributed by atoms with Crippen molar-refractivity contribution >= 4 is 23.0 Å². The molecular formula is C24H23ClN4O2.